The van der Waals surface area contributed by atoms with Gasteiger partial charge in [0.2, 0.25) is 5.91 Å². The van der Waals surface area contributed by atoms with Crippen LogP contribution in [0.1, 0.15) is 6.42 Å². The van der Waals surface area contributed by atoms with Crippen LogP contribution in [0.25, 0.3) is 0 Å². The van der Waals surface area contributed by atoms with Gasteiger partial charge in [-0.15, -0.1) is 0 Å². The predicted octanol–water partition coefficient (Wildman–Crippen LogP) is 1.33. The Labute approximate surface area is 70.3 Å². The maximum absolute atomic E-state index is 11.2. The third kappa shape index (κ3) is 1.09. The van der Waals surface area contributed by atoms with E-state index in [0.29, 0.717) is 12.2 Å². The first-order chi connectivity index (χ1) is 5.88. The van der Waals surface area contributed by atoms with Crippen LogP contribution in [0.3, 0.4) is 0 Å². The maximum atomic E-state index is 11.2. The van der Waals surface area contributed by atoms with Crippen LogP contribution >= 0.6 is 0 Å². The van der Waals surface area contributed by atoms with Gasteiger partial charge in [-0.05, 0) is 12.1 Å². The van der Waals surface area contributed by atoms with Gasteiger partial charge in [-0.1, -0.05) is 12.1 Å². The zero-order valence-corrected chi connectivity index (χ0v) is 6.47. The van der Waals surface area contributed by atoms with Crippen molar-refractivity contribution in [3.05, 3.63) is 36.7 Å². The van der Waals surface area contributed by atoms with Crippen LogP contribution in [-0.2, 0) is 4.79 Å². The van der Waals surface area contributed by atoms with Gasteiger partial charge in [-0.2, -0.15) is 0 Å². The van der Waals surface area contributed by atoms with Crippen LogP contribution in [0.4, 0.5) is 5.82 Å². The number of rotatable bonds is 1. The number of aromatic nitrogens is 1. The smallest absolute Gasteiger partial charge is 0.236 e. The van der Waals surface area contributed by atoms with Gasteiger partial charge < -0.3 is 0 Å². The summed E-state index contributed by atoms with van der Waals surface area (Å²) in [6.45, 7) is 0. The topological polar surface area (TPSA) is 33.2 Å². The van der Waals surface area contributed by atoms with Crippen LogP contribution < -0.4 is 4.90 Å². The minimum atomic E-state index is 0.0775. The van der Waals surface area contributed by atoms with Crippen molar-refractivity contribution in [1.82, 2.24) is 4.98 Å². The number of anilines is 1. The molecule has 1 aliphatic heterocycles. The number of amides is 1. The number of hydrogen-bond acceptors (Lipinski definition) is 2. The summed E-state index contributed by atoms with van der Waals surface area (Å²) in [5.74, 6) is 0.768. The molecule has 3 heteroatoms. The Kier molecular flexibility index (Phi) is 1.63. The fraction of sp³-hybridized carbons (Fsp3) is 0.111. The normalized spacial score (nSPS) is 15.7. The quantitative estimate of drug-likeness (QED) is 0.621. The Morgan fingerprint density at radius 2 is 2.33 bits per heavy atom. The molecule has 0 aliphatic carbocycles. The fourth-order valence-electron chi connectivity index (χ4n) is 1.14. The largest absolute Gasteiger partial charge is 0.274 e. The Hall–Kier alpha value is -1.64. The molecular formula is C9H8N2O. The maximum Gasteiger partial charge on any atom is 0.236 e. The molecule has 0 saturated carbocycles. The molecule has 0 atom stereocenters. The Morgan fingerprint density at radius 1 is 1.42 bits per heavy atom. The molecule has 0 N–H and O–H groups in total. The first-order valence-electron chi connectivity index (χ1n) is 3.78. The number of nitrogens with zero attached hydrogens (tertiary/aromatic N) is 2. The van der Waals surface area contributed by atoms with Crippen LogP contribution in [0.2, 0.25) is 0 Å². The molecule has 0 fully saturated rings. The summed E-state index contributed by atoms with van der Waals surface area (Å²) in [6, 6.07) is 5.50. The summed E-state index contributed by atoms with van der Waals surface area (Å²) in [6.07, 6.45) is 5.74. The molecule has 2 rings (SSSR count). The Bertz CT molecular complexity index is 319. The number of carbonyl (C=O) groups is 1. The van der Waals surface area contributed by atoms with Gasteiger partial charge in [-0.3, -0.25) is 9.69 Å². The lowest BCUT2D eigenvalue weighted by molar-refractivity contribution is -0.116. The molecule has 1 aromatic heterocycles. The Balaban J connectivity index is 2.31. The molecule has 0 unspecified atom stereocenters. The lowest BCUT2D eigenvalue weighted by Crippen LogP contribution is -2.20. The van der Waals surface area contributed by atoms with Crippen molar-refractivity contribution in [2.75, 3.05) is 4.90 Å². The first-order valence-corrected chi connectivity index (χ1v) is 3.78. The second kappa shape index (κ2) is 2.77. The second-order valence-electron chi connectivity index (χ2n) is 2.54. The van der Waals surface area contributed by atoms with E-state index >= 15 is 0 Å². The van der Waals surface area contributed by atoms with E-state index in [1.54, 1.807) is 17.3 Å². The van der Waals surface area contributed by atoms with E-state index in [-0.39, 0.29) is 5.91 Å². The zero-order chi connectivity index (χ0) is 8.39. The van der Waals surface area contributed by atoms with Crippen LogP contribution in [0.5, 0.6) is 0 Å². The van der Waals surface area contributed by atoms with Gasteiger partial charge in [0.25, 0.3) is 0 Å². The molecule has 0 spiro atoms. The summed E-state index contributed by atoms with van der Waals surface area (Å²) in [7, 11) is 0. The van der Waals surface area contributed by atoms with Gasteiger partial charge in [-0.25, -0.2) is 4.98 Å². The van der Waals surface area contributed by atoms with E-state index in [9.17, 15) is 4.79 Å². The van der Waals surface area contributed by atoms with E-state index in [1.807, 2.05) is 24.3 Å². The van der Waals surface area contributed by atoms with E-state index in [1.165, 1.54) is 0 Å². The SMILES string of the molecule is O=C1CC=CN1c1ccccn1. The molecule has 0 aromatic carbocycles. The highest BCUT2D eigenvalue weighted by Crippen LogP contribution is 2.15. The molecular weight excluding hydrogens is 152 g/mol. The zero-order valence-electron chi connectivity index (χ0n) is 6.47. The van der Waals surface area contributed by atoms with Gasteiger partial charge in [0, 0.05) is 18.8 Å². The summed E-state index contributed by atoms with van der Waals surface area (Å²) in [5, 5.41) is 0. The van der Waals surface area contributed by atoms with Crippen LogP contribution in [0.15, 0.2) is 36.7 Å². The molecule has 0 saturated heterocycles. The lowest BCUT2D eigenvalue weighted by atomic mass is 10.4. The fourth-order valence-corrected chi connectivity index (χ4v) is 1.14. The molecule has 1 aliphatic rings. The number of hydrogen-bond donors (Lipinski definition) is 0. The summed E-state index contributed by atoms with van der Waals surface area (Å²) >= 11 is 0. The minimum Gasteiger partial charge on any atom is -0.274 e. The number of pyridine rings is 1. The van der Waals surface area contributed by atoms with Crippen molar-refractivity contribution < 1.29 is 4.79 Å². The minimum absolute atomic E-state index is 0.0775. The van der Waals surface area contributed by atoms with Crippen molar-refractivity contribution in [2.24, 2.45) is 0 Å². The van der Waals surface area contributed by atoms with Crippen molar-refractivity contribution >= 4 is 11.7 Å². The highest BCUT2D eigenvalue weighted by Gasteiger charge is 2.16. The van der Waals surface area contributed by atoms with Crippen molar-refractivity contribution in [1.29, 1.82) is 0 Å². The van der Waals surface area contributed by atoms with Gasteiger partial charge >= 0.3 is 0 Å². The third-order valence-corrected chi connectivity index (χ3v) is 1.71. The molecule has 0 radical (unpaired) electrons. The molecule has 1 aromatic rings. The van der Waals surface area contributed by atoms with Crippen molar-refractivity contribution in [3.8, 4) is 0 Å². The highest BCUT2D eigenvalue weighted by molar-refractivity contribution is 5.97. The molecule has 12 heavy (non-hydrogen) atoms. The lowest BCUT2D eigenvalue weighted by Gasteiger charge is -2.10. The molecule has 3 nitrogen and oxygen atoms in total. The first kappa shape index (κ1) is 7.03. The average molecular weight is 160 g/mol. The summed E-state index contributed by atoms with van der Waals surface area (Å²) < 4.78 is 0. The van der Waals surface area contributed by atoms with Crippen molar-refractivity contribution in [2.45, 2.75) is 6.42 Å². The second-order valence-corrected chi connectivity index (χ2v) is 2.54. The van der Waals surface area contributed by atoms with E-state index in [2.05, 4.69) is 4.98 Å². The predicted molar refractivity (Wildman–Crippen MR) is 45.5 cm³/mol. The van der Waals surface area contributed by atoms with E-state index in [4.69, 9.17) is 0 Å². The summed E-state index contributed by atoms with van der Waals surface area (Å²) in [5.41, 5.74) is 0. The van der Waals surface area contributed by atoms with Gasteiger partial charge in [0.1, 0.15) is 5.82 Å². The Morgan fingerprint density at radius 3 is 2.92 bits per heavy atom. The molecule has 0 bridgehead atoms. The average Bonchev–Trinajstić information content (AvgIpc) is 2.53. The highest BCUT2D eigenvalue weighted by atomic mass is 16.2. The third-order valence-electron chi connectivity index (χ3n) is 1.71. The van der Waals surface area contributed by atoms with Crippen molar-refractivity contribution in [3.63, 3.8) is 0 Å². The molecule has 60 valence electrons. The van der Waals surface area contributed by atoms with Crippen LogP contribution in [0, 0.1) is 0 Å². The van der Waals surface area contributed by atoms with Gasteiger partial charge in [0.05, 0.1) is 0 Å². The van der Waals surface area contributed by atoms with Crippen LogP contribution in [-0.4, -0.2) is 10.9 Å². The van der Waals surface area contributed by atoms with E-state index in [0.717, 1.165) is 0 Å². The molecule has 2 heterocycles. The summed E-state index contributed by atoms with van der Waals surface area (Å²) in [4.78, 5) is 16.8. The number of carbonyl (C=O) groups excluding carboxylic acids is 1. The molecule has 1 amide bonds. The standard InChI is InChI=1S/C9H8N2O/c12-9-5-3-7-11(9)8-4-1-2-6-10-8/h1-4,6-7H,5H2. The van der Waals surface area contributed by atoms with Gasteiger partial charge in [0.15, 0.2) is 0 Å². The van der Waals surface area contributed by atoms with E-state index < -0.39 is 0 Å². The monoisotopic (exact) mass is 160 g/mol.